The maximum atomic E-state index is 14.7. The van der Waals surface area contributed by atoms with Crippen LogP contribution in [0.15, 0.2) is 58.7 Å². The maximum Gasteiger partial charge on any atom is 0.265 e. The minimum absolute atomic E-state index is 0.201. The summed E-state index contributed by atoms with van der Waals surface area (Å²) in [5, 5.41) is 0.473. The van der Waals surface area contributed by atoms with Crippen LogP contribution in [0.1, 0.15) is 88.3 Å². The zero-order valence-corrected chi connectivity index (χ0v) is 27.4. The SMILES string of the molecule is CC(C)S(=O)(=O)NC(=O)C1=C2Cn3c(cc4cccc(C5CCCCC5)c43)[C@@H]3C(=C21)C=CC[C@H]3C(=O)N1C2CCC1CN(C)C2. The third-order valence-electron chi connectivity index (χ3n) is 11.5. The molecule has 3 aliphatic carbocycles. The number of nitrogens with one attached hydrogen (secondary N) is 1. The molecule has 2 bridgehead atoms. The topological polar surface area (TPSA) is 91.7 Å². The number of para-hydroxylation sites is 1. The van der Waals surface area contributed by atoms with Crippen molar-refractivity contribution >= 4 is 32.7 Å². The lowest BCUT2D eigenvalue weighted by molar-refractivity contribution is -0.141. The number of likely N-dealkylation sites (N-methyl/N-ethyl adjacent to an activating group) is 1. The molecule has 8 nitrogen and oxygen atoms in total. The zero-order chi connectivity index (χ0) is 31.2. The predicted molar refractivity (Wildman–Crippen MR) is 175 cm³/mol. The van der Waals surface area contributed by atoms with Crippen LogP contribution >= 0.6 is 0 Å². The number of likely N-dealkylation sites (tertiary alicyclic amines) is 1. The fraction of sp³-hybridized carbons (Fsp3) is 0.556. The molecule has 2 amide bonds. The molecule has 9 heteroatoms. The number of amides is 2. The highest BCUT2D eigenvalue weighted by molar-refractivity contribution is 7.90. The van der Waals surface area contributed by atoms with Gasteiger partial charge in [0.1, 0.15) is 0 Å². The monoisotopic (exact) mass is 628 g/mol. The van der Waals surface area contributed by atoms with E-state index < -0.39 is 21.2 Å². The largest absolute Gasteiger partial charge is 0.339 e. The molecule has 2 saturated heterocycles. The molecule has 4 heterocycles. The van der Waals surface area contributed by atoms with Gasteiger partial charge < -0.3 is 14.4 Å². The van der Waals surface area contributed by atoms with Crippen LogP contribution in [0.2, 0.25) is 0 Å². The van der Waals surface area contributed by atoms with Gasteiger partial charge in [-0.3, -0.25) is 9.59 Å². The number of rotatable bonds is 5. The van der Waals surface area contributed by atoms with Gasteiger partial charge in [-0.2, -0.15) is 0 Å². The van der Waals surface area contributed by atoms with Gasteiger partial charge in [0.15, 0.2) is 0 Å². The first-order valence-electron chi connectivity index (χ1n) is 17.0. The Morgan fingerprint density at radius 2 is 1.73 bits per heavy atom. The fourth-order valence-electron chi connectivity index (χ4n) is 9.27. The molecular formula is C36H44N4O4S. The van der Waals surface area contributed by atoms with Crippen LogP contribution in [0, 0.1) is 5.92 Å². The van der Waals surface area contributed by atoms with Crippen molar-refractivity contribution in [2.24, 2.45) is 5.92 Å². The molecule has 1 saturated carbocycles. The second-order valence-corrected chi connectivity index (χ2v) is 16.8. The molecule has 8 rings (SSSR count). The van der Waals surface area contributed by atoms with Gasteiger partial charge in [-0.1, -0.05) is 49.6 Å². The number of piperazine rings is 1. The Kier molecular flexibility index (Phi) is 6.95. The average molecular weight is 629 g/mol. The lowest BCUT2D eigenvalue weighted by Crippen LogP contribution is -2.56. The molecule has 2 aromatic rings. The van der Waals surface area contributed by atoms with Crippen molar-refractivity contribution in [3.8, 4) is 0 Å². The summed E-state index contributed by atoms with van der Waals surface area (Å²) >= 11 is 0. The van der Waals surface area contributed by atoms with Gasteiger partial charge in [-0.15, -0.1) is 0 Å². The van der Waals surface area contributed by atoms with Gasteiger partial charge in [-0.05, 0) is 87.3 Å². The number of carbonyl (C=O) groups is 2. The van der Waals surface area contributed by atoms with E-state index in [1.807, 2.05) is 0 Å². The van der Waals surface area contributed by atoms with Crippen molar-refractivity contribution in [1.82, 2.24) is 19.1 Å². The number of nitrogens with zero attached hydrogens (tertiary/aromatic N) is 3. The molecule has 0 radical (unpaired) electrons. The van der Waals surface area contributed by atoms with E-state index >= 15 is 0 Å². The van der Waals surface area contributed by atoms with Crippen molar-refractivity contribution in [2.75, 3.05) is 20.1 Å². The molecule has 0 spiro atoms. The predicted octanol–water partition coefficient (Wildman–Crippen LogP) is 5.13. The van der Waals surface area contributed by atoms with Crippen LogP contribution in [0.25, 0.3) is 10.9 Å². The Morgan fingerprint density at radius 1 is 1.00 bits per heavy atom. The van der Waals surface area contributed by atoms with E-state index in [9.17, 15) is 18.0 Å². The second-order valence-electron chi connectivity index (χ2n) is 14.6. The van der Waals surface area contributed by atoms with Crippen molar-refractivity contribution in [3.63, 3.8) is 0 Å². The van der Waals surface area contributed by atoms with Crippen LogP contribution in [-0.2, 0) is 26.2 Å². The Morgan fingerprint density at radius 3 is 2.44 bits per heavy atom. The Labute approximate surface area is 266 Å². The van der Waals surface area contributed by atoms with Crippen LogP contribution in [0.5, 0.6) is 0 Å². The Balaban J connectivity index is 1.27. The number of fused-ring (bicyclic) bond motifs is 8. The van der Waals surface area contributed by atoms with E-state index in [0.29, 0.717) is 24.5 Å². The van der Waals surface area contributed by atoms with Gasteiger partial charge in [-0.25, -0.2) is 13.1 Å². The van der Waals surface area contributed by atoms with Gasteiger partial charge in [0.05, 0.1) is 22.3 Å². The van der Waals surface area contributed by atoms with E-state index in [2.05, 4.69) is 62.6 Å². The number of hydrogen-bond acceptors (Lipinski definition) is 5. The fourth-order valence-corrected chi connectivity index (χ4v) is 9.86. The van der Waals surface area contributed by atoms with Crippen LogP contribution in [0.3, 0.4) is 0 Å². The second kappa shape index (κ2) is 10.7. The molecule has 238 valence electrons. The Bertz CT molecular complexity index is 1790. The highest BCUT2D eigenvalue weighted by Crippen LogP contribution is 2.55. The number of benzene rings is 1. The van der Waals surface area contributed by atoms with Crippen LogP contribution < -0.4 is 4.72 Å². The molecule has 6 aliphatic rings. The highest BCUT2D eigenvalue weighted by atomic mass is 32.2. The van der Waals surface area contributed by atoms with Gasteiger partial charge in [0.25, 0.3) is 5.91 Å². The minimum Gasteiger partial charge on any atom is -0.339 e. The standard InChI is InChI=1S/C36H44N4O4S/c1-21(2)45(43,44)37-35(41)33-29-20-39-30(17-23-11-7-12-26(34(23)39)22-9-5-4-6-10-22)31-27(32(29)33)13-8-14-28(31)36(42)40-24-15-16-25(40)19-38(3)18-24/h7-8,11-13,17,21-22,24-25,28,31H,4-6,9-10,14-16,18-20H2,1-3H3,(H,37,41)/t24?,25?,28-,31-/m1/s1. The zero-order valence-electron chi connectivity index (χ0n) is 26.6. The molecule has 45 heavy (non-hydrogen) atoms. The van der Waals surface area contributed by atoms with E-state index in [4.69, 9.17) is 0 Å². The first-order chi connectivity index (χ1) is 21.6. The molecular weight excluding hydrogens is 584 g/mol. The lowest BCUT2D eigenvalue weighted by atomic mass is 9.75. The summed E-state index contributed by atoms with van der Waals surface area (Å²) in [6.45, 7) is 5.49. The molecule has 1 aromatic heterocycles. The first kappa shape index (κ1) is 29.2. The summed E-state index contributed by atoms with van der Waals surface area (Å²) in [6.07, 6.45) is 13.1. The van der Waals surface area contributed by atoms with Crippen molar-refractivity contribution in [2.45, 2.75) is 101 Å². The summed E-state index contributed by atoms with van der Waals surface area (Å²) in [5.41, 5.74) is 6.97. The van der Waals surface area contributed by atoms with E-state index in [0.717, 1.165) is 48.3 Å². The highest BCUT2D eigenvalue weighted by Gasteiger charge is 2.50. The van der Waals surface area contributed by atoms with E-state index in [1.54, 1.807) is 13.8 Å². The summed E-state index contributed by atoms with van der Waals surface area (Å²) < 4.78 is 30.2. The average Bonchev–Trinajstić information content (AvgIpc) is 3.56. The van der Waals surface area contributed by atoms with Gasteiger partial charge >= 0.3 is 0 Å². The molecule has 1 aromatic carbocycles. The first-order valence-corrected chi connectivity index (χ1v) is 18.5. The molecule has 1 N–H and O–H groups in total. The van der Waals surface area contributed by atoms with Gasteiger partial charge in [0, 0.05) is 48.7 Å². The molecule has 3 aliphatic heterocycles. The summed E-state index contributed by atoms with van der Waals surface area (Å²) in [7, 11) is -1.63. The van der Waals surface area contributed by atoms with Crippen LogP contribution in [0.4, 0.5) is 0 Å². The number of sulfonamides is 1. The quantitative estimate of drug-likeness (QED) is 0.496. The lowest BCUT2D eigenvalue weighted by Gasteiger charge is -2.43. The number of aromatic nitrogens is 1. The summed E-state index contributed by atoms with van der Waals surface area (Å²) in [6, 6.07) is 9.44. The van der Waals surface area contributed by atoms with Crippen molar-refractivity contribution in [1.29, 1.82) is 0 Å². The van der Waals surface area contributed by atoms with Crippen molar-refractivity contribution in [3.05, 3.63) is 70.0 Å². The maximum absolute atomic E-state index is 14.7. The molecule has 2 unspecified atom stereocenters. The van der Waals surface area contributed by atoms with Gasteiger partial charge in [0.2, 0.25) is 15.9 Å². The smallest absolute Gasteiger partial charge is 0.265 e. The van der Waals surface area contributed by atoms with E-state index in [1.165, 1.54) is 48.6 Å². The van der Waals surface area contributed by atoms with Crippen LogP contribution in [-0.4, -0.2) is 72.1 Å². The third kappa shape index (κ3) is 4.67. The third-order valence-corrected chi connectivity index (χ3v) is 13.2. The number of allylic oxidation sites excluding steroid dienone is 4. The normalized spacial score (nSPS) is 28.3. The Hall–Kier alpha value is -3.17. The van der Waals surface area contributed by atoms with E-state index in [-0.39, 0.29) is 29.8 Å². The molecule has 3 fully saturated rings. The summed E-state index contributed by atoms with van der Waals surface area (Å²) in [5.74, 6) is -0.300. The number of hydrogen-bond donors (Lipinski definition) is 1. The number of carbonyl (C=O) groups excluding carboxylic acids is 2. The van der Waals surface area contributed by atoms with Crippen molar-refractivity contribution < 1.29 is 18.0 Å². The molecule has 4 atom stereocenters. The minimum atomic E-state index is -3.78. The summed E-state index contributed by atoms with van der Waals surface area (Å²) in [4.78, 5) is 32.9.